The molecule has 0 saturated heterocycles. The van der Waals surface area contributed by atoms with Crippen molar-refractivity contribution in [3.63, 3.8) is 0 Å². The number of hydrogen-bond donors (Lipinski definition) is 2. The van der Waals surface area contributed by atoms with Crippen molar-refractivity contribution < 1.29 is 4.74 Å². The summed E-state index contributed by atoms with van der Waals surface area (Å²) in [5.74, 6) is 0.887. The van der Waals surface area contributed by atoms with Gasteiger partial charge in [-0.25, -0.2) is 0 Å². The van der Waals surface area contributed by atoms with Crippen LogP contribution >= 0.6 is 0 Å². The third kappa shape index (κ3) is 3.71. The average Bonchev–Trinajstić information content (AvgIpc) is 2.49. The number of rotatable bonds is 6. The summed E-state index contributed by atoms with van der Waals surface area (Å²) in [6.45, 7) is 0. The zero-order chi connectivity index (χ0) is 14.4. The van der Waals surface area contributed by atoms with Crippen LogP contribution < -0.4 is 15.8 Å². The highest BCUT2D eigenvalue weighted by molar-refractivity contribution is 5.44. The number of methoxy groups -OCH3 is 1. The number of likely N-dealkylation sites (N-methyl/N-ethyl adjacent to an activating group) is 1. The molecule has 0 aliphatic rings. The van der Waals surface area contributed by atoms with E-state index in [9.17, 15) is 0 Å². The summed E-state index contributed by atoms with van der Waals surface area (Å²) < 4.78 is 5.26. The molecule has 0 saturated carbocycles. The minimum atomic E-state index is 0.314. The predicted octanol–water partition coefficient (Wildman–Crippen LogP) is 2.05. The maximum Gasteiger partial charge on any atom is 0.119 e. The number of nitrogens with one attached hydrogen (secondary N) is 1. The number of pyridine rings is 1. The molecule has 0 aliphatic carbocycles. The Morgan fingerprint density at radius 1 is 1.30 bits per heavy atom. The second-order valence-corrected chi connectivity index (χ2v) is 4.82. The Labute approximate surface area is 120 Å². The lowest BCUT2D eigenvalue weighted by Gasteiger charge is -2.17. The minimum Gasteiger partial charge on any atom is -0.497 e. The summed E-state index contributed by atoms with van der Waals surface area (Å²) in [6.07, 6.45) is 5.33. The molecule has 0 fully saturated rings. The van der Waals surface area contributed by atoms with E-state index < -0.39 is 0 Å². The number of nitrogens with two attached hydrogens (primary N) is 1. The first kappa shape index (κ1) is 14.3. The van der Waals surface area contributed by atoms with Gasteiger partial charge in [0.1, 0.15) is 5.75 Å². The van der Waals surface area contributed by atoms with Crippen LogP contribution in [0.15, 0.2) is 42.7 Å². The third-order valence-electron chi connectivity index (χ3n) is 3.43. The maximum absolute atomic E-state index is 5.97. The first-order valence-electron chi connectivity index (χ1n) is 6.71. The molecule has 2 aromatic rings. The summed E-state index contributed by atoms with van der Waals surface area (Å²) in [4.78, 5) is 4.14. The van der Waals surface area contributed by atoms with Gasteiger partial charge in [-0.2, -0.15) is 0 Å². The van der Waals surface area contributed by atoms with Crippen molar-refractivity contribution in [1.82, 2.24) is 10.3 Å². The molecule has 106 valence electrons. The van der Waals surface area contributed by atoms with E-state index in [1.54, 1.807) is 13.3 Å². The number of anilines is 1. The van der Waals surface area contributed by atoms with Crippen molar-refractivity contribution in [3.05, 3.63) is 53.9 Å². The highest BCUT2D eigenvalue weighted by Crippen LogP contribution is 2.17. The molecule has 3 N–H and O–H groups in total. The molecule has 1 unspecified atom stereocenters. The molecule has 1 aromatic carbocycles. The first-order chi connectivity index (χ1) is 9.72. The van der Waals surface area contributed by atoms with Gasteiger partial charge in [-0.3, -0.25) is 4.98 Å². The standard InChI is InChI=1S/C16H21N3O/c1-18-14(10-13-11-19-7-6-16(13)17)8-12-4-3-5-15(9-12)20-2/h3-7,9,11,14,18H,8,10H2,1-2H3,(H2,17,19). The fraction of sp³-hybridized carbons (Fsp3) is 0.312. The number of ether oxygens (including phenoxy) is 1. The highest BCUT2D eigenvalue weighted by Gasteiger charge is 2.11. The van der Waals surface area contributed by atoms with Crippen molar-refractivity contribution in [2.75, 3.05) is 19.9 Å². The molecule has 1 atom stereocenters. The van der Waals surface area contributed by atoms with Crippen molar-refractivity contribution >= 4 is 5.69 Å². The van der Waals surface area contributed by atoms with Crippen molar-refractivity contribution in [1.29, 1.82) is 0 Å². The first-order valence-corrected chi connectivity index (χ1v) is 6.71. The van der Waals surface area contributed by atoms with E-state index in [2.05, 4.69) is 22.4 Å². The van der Waals surface area contributed by atoms with E-state index in [-0.39, 0.29) is 0 Å². The van der Waals surface area contributed by atoms with E-state index >= 15 is 0 Å². The zero-order valence-electron chi connectivity index (χ0n) is 12.0. The Morgan fingerprint density at radius 3 is 2.85 bits per heavy atom. The van der Waals surface area contributed by atoms with Gasteiger partial charge >= 0.3 is 0 Å². The van der Waals surface area contributed by atoms with E-state index in [1.807, 2.05) is 31.4 Å². The fourth-order valence-corrected chi connectivity index (χ4v) is 2.23. The molecule has 4 nitrogen and oxygen atoms in total. The quantitative estimate of drug-likeness (QED) is 0.844. The van der Waals surface area contributed by atoms with Crippen molar-refractivity contribution in [2.24, 2.45) is 0 Å². The van der Waals surface area contributed by atoms with Gasteiger partial charge in [0.05, 0.1) is 7.11 Å². The number of benzene rings is 1. The van der Waals surface area contributed by atoms with Gasteiger partial charge in [-0.05, 0) is 49.2 Å². The molecule has 20 heavy (non-hydrogen) atoms. The smallest absolute Gasteiger partial charge is 0.119 e. The SMILES string of the molecule is CNC(Cc1cccc(OC)c1)Cc1cnccc1N. The van der Waals surface area contributed by atoms with Crippen LogP contribution in [0.5, 0.6) is 5.75 Å². The number of hydrogen-bond acceptors (Lipinski definition) is 4. The van der Waals surface area contributed by atoms with Crippen molar-refractivity contribution in [3.8, 4) is 5.75 Å². The van der Waals surface area contributed by atoms with Crippen LogP contribution in [-0.4, -0.2) is 25.2 Å². The lowest BCUT2D eigenvalue weighted by atomic mass is 9.99. The molecule has 0 amide bonds. The second-order valence-electron chi connectivity index (χ2n) is 4.82. The molecule has 0 aliphatic heterocycles. The van der Waals surface area contributed by atoms with E-state index in [1.165, 1.54) is 5.56 Å². The monoisotopic (exact) mass is 271 g/mol. The largest absolute Gasteiger partial charge is 0.497 e. The summed E-state index contributed by atoms with van der Waals surface area (Å²) in [5, 5.41) is 3.34. The van der Waals surface area contributed by atoms with Crippen LogP contribution in [0.2, 0.25) is 0 Å². The van der Waals surface area contributed by atoms with Crippen LogP contribution in [0.3, 0.4) is 0 Å². The molecule has 1 heterocycles. The summed E-state index contributed by atoms with van der Waals surface area (Å²) in [7, 11) is 3.66. The van der Waals surface area contributed by atoms with Gasteiger partial charge in [0.15, 0.2) is 0 Å². The minimum absolute atomic E-state index is 0.314. The molecule has 1 aromatic heterocycles. The lowest BCUT2D eigenvalue weighted by molar-refractivity contribution is 0.414. The molecular weight excluding hydrogens is 250 g/mol. The van der Waals surface area contributed by atoms with E-state index in [0.29, 0.717) is 6.04 Å². The topological polar surface area (TPSA) is 60.2 Å². The van der Waals surface area contributed by atoms with Gasteiger partial charge in [-0.15, -0.1) is 0 Å². The molecule has 0 radical (unpaired) electrons. The Balaban J connectivity index is 2.07. The molecular formula is C16H21N3O. The normalized spacial score (nSPS) is 12.1. The van der Waals surface area contributed by atoms with Crippen LogP contribution in [0.1, 0.15) is 11.1 Å². The Bertz CT molecular complexity index is 557. The number of aromatic nitrogens is 1. The Morgan fingerprint density at radius 2 is 2.15 bits per heavy atom. The van der Waals surface area contributed by atoms with Crippen LogP contribution in [0.25, 0.3) is 0 Å². The molecule has 0 spiro atoms. The molecule has 2 rings (SSSR count). The predicted molar refractivity (Wildman–Crippen MR) is 81.9 cm³/mol. The van der Waals surface area contributed by atoms with Crippen molar-refractivity contribution in [2.45, 2.75) is 18.9 Å². The van der Waals surface area contributed by atoms with Gasteiger partial charge < -0.3 is 15.8 Å². The maximum atomic E-state index is 5.97. The fourth-order valence-electron chi connectivity index (χ4n) is 2.23. The zero-order valence-corrected chi connectivity index (χ0v) is 12.0. The summed E-state index contributed by atoms with van der Waals surface area (Å²) >= 11 is 0. The highest BCUT2D eigenvalue weighted by atomic mass is 16.5. The van der Waals surface area contributed by atoms with Crippen LogP contribution in [-0.2, 0) is 12.8 Å². The number of nitrogen functional groups attached to an aromatic ring is 1. The third-order valence-corrected chi connectivity index (χ3v) is 3.43. The Hall–Kier alpha value is -2.07. The average molecular weight is 271 g/mol. The van der Waals surface area contributed by atoms with Gasteiger partial charge in [0.25, 0.3) is 0 Å². The van der Waals surface area contributed by atoms with E-state index in [0.717, 1.165) is 29.8 Å². The number of nitrogens with zero attached hydrogens (tertiary/aromatic N) is 1. The molecule has 0 bridgehead atoms. The van der Waals surface area contributed by atoms with Gasteiger partial charge in [-0.1, -0.05) is 12.1 Å². The lowest BCUT2D eigenvalue weighted by Crippen LogP contribution is -2.30. The summed E-state index contributed by atoms with van der Waals surface area (Å²) in [6, 6.07) is 10.3. The second kappa shape index (κ2) is 6.91. The summed E-state index contributed by atoms with van der Waals surface area (Å²) in [5.41, 5.74) is 9.09. The van der Waals surface area contributed by atoms with Gasteiger partial charge in [0.2, 0.25) is 0 Å². The van der Waals surface area contributed by atoms with Gasteiger partial charge in [0, 0.05) is 24.1 Å². The van der Waals surface area contributed by atoms with Crippen LogP contribution in [0, 0.1) is 0 Å². The molecule has 4 heteroatoms. The Kier molecular flexibility index (Phi) is 4.96. The van der Waals surface area contributed by atoms with E-state index in [4.69, 9.17) is 10.5 Å². The van der Waals surface area contributed by atoms with Crippen LogP contribution in [0.4, 0.5) is 5.69 Å².